The Kier molecular flexibility index (Phi) is 6.24. The fourth-order valence-electron chi connectivity index (χ4n) is 3.21. The van der Waals surface area contributed by atoms with Crippen LogP contribution in [0, 0.1) is 5.92 Å². The minimum Gasteiger partial charge on any atom is -0.466 e. The second-order valence-electron chi connectivity index (χ2n) is 6.15. The third kappa shape index (κ3) is 4.85. The monoisotopic (exact) mass is 290 g/mol. The van der Waals surface area contributed by atoms with Crippen molar-refractivity contribution in [3.63, 3.8) is 0 Å². The Morgan fingerprint density at radius 1 is 1.38 bits per heavy atom. The standard InChI is InChI=1S/C18H27NO2/c1-3-21-18(20)17-10-7-12-19(14-17)13-11-15(2)16-8-5-4-6-9-16/h4-6,8-9,15,17H,3,7,10-14H2,1-2H3/p+1/t15-,17+/m1/s1. The Bertz CT molecular complexity index is 432. The zero-order valence-electron chi connectivity index (χ0n) is 13.3. The van der Waals surface area contributed by atoms with E-state index in [1.165, 1.54) is 18.5 Å². The van der Waals surface area contributed by atoms with Gasteiger partial charge < -0.3 is 9.64 Å². The van der Waals surface area contributed by atoms with Gasteiger partial charge in [-0.25, -0.2) is 0 Å². The maximum absolute atomic E-state index is 11.9. The summed E-state index contributed by atoms with van der Waals surface area (Å²) in [5.74, 6) is 0.702. The number of esters is 1. The summed E-state index contributed by atoms with van der Waals surface area (Å²) in [7, 11) is 0. The third-order valence-corrected chi connectivity index (χ3v) is 4.54. The molecule has 0 aliphatic carbocycles. The lowest BCUT2D eigenvalue weighted by molar-refractivity contribution is -0.907. The van der Waals surface area contributed by atoms with E-state index in [4.69, 9.17) is 4.74 Å². The first-order chi connectivity index (χ1) is 10.2. The Hall–Kier alpha value is -1.35. The first-order valence-electron chi connectivity index (χ1n) is 8.25. The van der Waals surface area contributed by atoms with Crippen LogP contribution >= 0.6 is 0 Å². The molecule has 1 N–H and O–H groups in total. The Labute approximate surface area is 128 Å². The van der Waals surface area contributed by atoms with Gasteiger partial charge in [-0.1, -0.05) is 37.3 Å². The van der Waals surface area contributed by atoms with Crippen LogP contribution in [0.15, 0.2) is 30.3 Å². The number of ether oxygens (including phenoxy) is 1. The van der Waals surface area contributed by atoms with Crippen molar-refractivity contribution in [3.05, 3.63) is 35.9 Å². The van der Waals surface area contributed by atoms with Crippen LogP contribution in [0.4, 0.5) is 0 Å². The van der Waals surface area contributed by atoms with Crippen LogP contribution in [0.5, 0.6) is 0 Å². The molecule has 1 aliphatic rings. The molecule has 0 amide bonds. The van der Waals surface area contributed by atoms with Crippen LogP contribution in [0.3, 0.4) is 0 Å². The summed E-state index contributed by atoms with van der Waals surface area (Å²) in [6, 6.07) is 10.7. The first-order valence-corrected chi connectivity index (χ1v) is 8.25. The van der Waals surface area contributed by atoms with Gasteiger partial charge in [-0.05, 0) is 31.2 Å². The number of carbonyl (C=O) groups is 1. The largest absolute Gasteiger partial charge is 0.466 e. The van der Waals surface area contributed by atoms with Gasteiger partial charge in [0.2, 0.25) is 0 Å². The van der Waals surface area contributed by atoms with Gasteiger partial charge in [0.1, 0.15) is 5.92 Å². The molecular formula is C18H28NO2+. The predicted molar refractivity (Wildman–Crippen MR) is 84.4 cm³/mol. The molecule has 3 heteroatoms. The lowest BCUT2D eigenvalue weighted by atomic mass is 9.95. The molecule has 3 nitrogen and oxygen atoms in total. The minimum absolute atomic E-state index is 0.00538. The SMILES string of the molecule is CCOC(=O)[C@H]1CCC[NH+](CC[C@@H](C)c2ccccc2)C1. The normalized spacial score (nSPS) is 23.5. The van der Waals surface area contributed by atoms with E-state index < -0.39 is 0 Å². The molecule has 1 aromatic rings. The number of carbonyl (C=O) groups excluding carboxylic acids is 1. The van der Waals surface area contributed by atoms with Crippen molar-refractivity contribution in [2.45, 2.75) is 39.0 Å². The molecule has 1 saturated heterocycles. The fourth-order valence-corrected chi connectivity index (χ4v) is 3.21. The molecule has 2 rings (SSSR count). The van der Waals surface area contributed by atoms with Crippen LogP contribution in [0.2, 0.25) is 0 Å². The number of quaternary nitrogens is 1. The molecule has 116 valence electrons. The van der Waals surface area contributed by atoms with Crippen LogP contribution in [-0.2, 0) is 9.53 Å². The van der Waals surface area contributed by atoms with Crippen LogP contribution in [0.1, 0.15) is 44.6 Å². The lowest BCUT2D eigenvalue weighted by Gasteiger charge is -2.29. The van der Waals surface area contributed by atoms with E-state index in [1.54, 1.807) is 4.90 Å². The zero-order chi connectivity index (χ0) is 15.1. The summed E-state index contributed by atoms with van der Waals surface area (Å²) in [6.07, 6.45) is 3.31. The highest BCUT2D eigenvalue weighted by Crippen LogP contribution is 2.17. The van der Waals surface area contributed by atoms with E-state index in [1.807, 2.05) is 6.92 Å². The summed E-state index contributed by atoms with van der Waals surface area (Å²) < 4.78 is 5.17. The van der Waals surface area contributed by atoms with Crippen molar-refractivity contribution in [1.29, 1.82) is 0 Å². The molecule has 0 spiro atoms. The highest BCUT2D eigenvalue weighted by atomic mass is 16.5. The van der Waals surface area contributed by atoms with E-state index in [0.29, 0.717) is 12.5 Å². The highest BCUT2D eigenvalue weighted by molar-refractivity contribution is 5.72. The quantitative estimate of drug-likeness (QED) is 0.813. The van der Waals surface area contributed by atoms with Crippen molar-refractivity contribution >= 4 is 5.97 Å². The lowest BCUT2D eigenvalue weighted by Crippen LogP contribution is -3.13. The zero-order valence-corrected chi connectivity index (χ0v) is 13.3. The summed E-state index contributed by atoms with van der Waals surface area (Å²) in [5.41, 5.74) is 1.41. The number of rotatable bonds is 6. The van der Waals surface area contributed by atoms with E-state index in [2.05, 4.69) is 37.3 Å². The van der Waals surface area contributed by atoms with Crippen molar-refractivity contribution in [2.24, 2.45) is 5.92 Å². The van der Waals surface area contributed by atoms with E-state index in [0.717, 1.165) is 25.9 Å². The molecule has 3 atom stereocenters. The number of hydrogen-bond donors (Lipinski definition) is 1. The van der Waals surface area contributed by atoms with E-state index >= 15 is 0 Å². The van der Waals surface area contributed by atoms with Gasteiger partial charge in [-0.15, -0.1) is 0 Å². The maximum atomic E-state index is 11.9. The predicted octanol–water partition coefficient (Wildman–Crippen LogP) is 2.04. The average Bonchev–Trinajstić information content (AvgIpc) is 2.54. The van der Waals surface area contributed by atoms with Gasteiger partial charge in [0.15, 0.2) is 0 Å². The highest BCUT2D eigenvalue weighted by Gasteiger charge is 2.29. The van der Waals surface area contributed by atoms with Crippen LogP contribution in [-0.4, -0.2) is 32.2 Å². The molecule has 0 aromatic heterocycles. The van der Waals surface area contributed by atoms with Crippen molar-refractivity contribution in [3.8, 4) is 0 Å². The van der Waals surface area contributed by atoms with Crippen molar-refractivity contribution in [1.82, 2.24) is 0 Å². The van der Waals surface area contributed by atoms with Gasteiger partial charge in [-0.2, -0.15) is 0 Å². The third-order valence-electron chi connectivity index (χ3n) is 4.54. The molecule has 1 aromatic carbocycles. The smallest absolute Gasteiger partial charge is 0.314 e. The molecule has 1 unspecified atom stereocenters. The van der Waals surface area contributed by atoms with Gasteiger partial charge in [0, 0.05) is 6.42 Å². The second kappa shape index (κ2) is 8.18. The van der Waals surface area contributed by atoms with E-state index in [9.17, 15) is 4.79 Å². The molecule has 0 bridgehead atoms. The fraction of sp³-hybridized carbons (Fsp3) is 0.611. The number of piperidine rings is 1. The van der Waals surface area contributed by atoms with Crippen LogP contribution in [0.25, 0.3) is 0 Å². The number of nitrogens with one attached hydrogen (secondary N) is 1. The van der Waals surface area contributed by atoms with Gasteiger partial charge in [0.25, 0.3) is 0 Å². The minimum atomic E-state index is 0.00538. The summed E-state index contributed by atoms with van der Waals surface area (Å²) in [6.45, 7) is 7.95. The topological polar surface area (TPSA) is 30.7 Å². The van der Waals surface area contributed by atoms with E-state index in [-0.39, 0.29) is 11.9 Å². The second-order valence-corrected chi connectivity index (χ2v) is 6.15. The average molecular weight is 290 g/mol. The Balaban J connectivity index is 1.79. The van der Waals surface area contributed by atoms with Crippen molar-refractivity contribution < 1.29 is 14.4 Å². The summed E-state index contributed by atoms with van der Waals surface area (Å²) in [4.78, 5) is 13.4. The van der Waals surface area contributed by atoms with Crippen LogP contribution < -0.4 is 4.90 Å². The molecule has 1 heterocycles. The molecule has 21 heavy (non-hydrogen) atoms. The number of benzene rings is 1. The Morgan fingerprint density at radius 2 is 2.14 bits per heavy atom. The molecular weight excluding hydrogens is 262 g/mol. The van der Waals surface area contributed by atoms with Gasteiger partial charge in [0.05, 0.1) is 26.2 Å². The number of likely N-dealkylation sites (tertiary alicyclic amines) is 1. The molecule has 1 aliphatic heterocycles. The molecule has 1 fully saturated rings. The van der Waals surface area contributed by atoms with Crippen molar-refractivity contribution in [2.75, 3.05) is 26.2 Å². The van der Waals surface area contributed by atoms with Gasteiger partial charge in [-0.3, -0.25) is 4.79 Å². The summed E-state index contributed by atoms with van der Waals surface area (Å²) in [5, 5.41) is 0. The summed E-state index contributed by atoms with van der Waals surface area (Å²) >= 11 is 0. The first kappa shape index (κ1) is 16.0. The molecule has 0 radical (unpaired) electrons. The van der Waals surface area contributed by atoms with Gasteiger partial charge >= 0.3 is 5.97 Å². The maximum Gasteiger partial charge on any atom is 0.314 e. The molecule has 0 saturated carbocycles. The Morgan fingerprint density at radius 3 is 2.86 bits per heavy atom. The number of hydrogen-bond acceptors (Lipinski definition) is 2.